The lowest BCUT2D eigenvalue weighted by Crippen LogP contribution is -2.48. The molecule has 0 bridgehead atoms. The number of hydrogen-bond acceptors (Lipinski definition) is 5. The van der Waals surface area contributed by atoms with Crippen molar-refractivity contribution >= 4 is 50.8 Å². The van der Waals surface area contributed by atoms with Gasteiger partial charge in [-0.1, -0.05) is 47.6 Å². The molecule has 0 amide bonds. The van der Waals surface area contributed by atoms with E-state index in [4.69, 9.17) is 21.3 Å². The van der Waals surface area contributed by atoms with Crippen molar-refractivity contribution in [3.05, 3.63) is 59.6 Å². The summed E-state index contributed by atoms with van der Waals surface area (Å²) in [6.45, 7) is 3.64. The van der Waals surface area contributed by atoms with E-state index >= 15 is 0 Å². The molecular formula is C22H23ClN4OS. The summed E-state index contributed by atoms with van der Waals surface area (Å²) in [5, 5.41) is 2.80. The minimum Gasteiger partial charge on any atom is -0.479 e. The summed E-state index contributed by atoms with van der Waals surface area (Å²) in [5.74, 6) is 0.549. The number of ether oxygens (including phenoxy) is 1. The standard InChI is InChI=1S/C22H23ClN4OS/c1-28-21-20(14-16-6-3-4-9-19(16)24-21)25-22(29-2)27-12-10-26(11-13-27)18-8-5-7-17(23)15-18/h3-9,14-15H,10-13H2,1-2H3. The minimum absolute atomic E-state index is 0.549. The van der Waals surface area contributed by atoms with E-state index in [1.54, 1.807) is 18.9 Å². The maximum atomic E-state index is 6.15. The van der Waals surface area contributed by atoms with Crippen LogP contribution in [0.3, 0.4) is 0 Å². The number of rotatable bonds is 3. The van der Waals surface area contributed by atoms with Gasteiger partial charge < -0.3 is 14.5 Å². The molecule has 0 radical (unpaired) electrons. The van der Waals surface area contributed by atoms with Crippen LogP contribution in [0.4, 0.5) is 11.4 Å². The lowest BCUT2D eigenvalue weighted by molar-refractivity contribution is 0.390. The number of anilines is 1. The first-order chi connectivity index (χ1) is 14.2. The van der Waals surface area contributed by atoms with Crippen LogP contribution in [0.5, 0.6) is 5.88 Å². The third-order valence-electron chi connectivity index (χ3n) is 4.99. The molecule has 1 aliphatic heterocycles. The van der Waals surface area contributed by atoms with Crippen LogP contribution in [0.1, 0.15) is 0 Å². The van der Waals surface area contributed by atoms with E-state index in [-0.39, 0.29) is 0 Å². The zero-order valence-electron chi connectivity index (χ0n) is 16.5. The molecule has 5 nitrogen and oxygen atoms in total. The van der Waals surface area contributed by atoms with E-state index in [1.807, 2.05) is 48.5 Å². The number of aromatic nitrogens is 1. The zero-order chi connectivity index (χ0) is 20.2. The summed E-state index contributed by atoms with van der Waals surface area (Å²) in [6, 6.07) is 18.1. The van der Waals surface area contributed by atoms with Crippen LogP contribution in [-0.4, -0.2) is 54.6 Å². The summed E-state index contributed by atoms with van der Waals surface area (Å²) in [6.07, 6.45) is 2.06. The van der Waals surface area contributed by atoms with Crippen LogP contribution < -0.4 is 9.64 Å². The molecule has 1 fully saturated rings. The number of thioether (sulfide) groups is 1. The van der Waals surface area contributed by atoms with Crippen LogP contribution in [-0.2, 0) is 0 Å². The van der Waals surface area contributed by atoms with Crippen LogP contribution in [0.15, 0.2) is 59.6 Å². The predicted octanol–water partition coefficient (Wildman–Crippen LogP) is 5.07. The fourth-order valence-electron chi connectivity index (χ4n) is 3.49. The first kappa shape index (κ1) is 19.9. The Labute approximate surface area is 180 Å². The number of methoxy groups -OCH3 is 1. The van der Waals surface area contributed by atoms with Crippen molar-refractivity contribution < 1.29 is 4.74 Å². The molecule has 3 aromatic rings. The highest BCUT2D eigenvalue weighted by molar-refractivity contribution is 8.13. The van der Waals surface area contributed by atoms with Gasteiger partial charge in [0.2, 0.25) is 5.88 Å². The van der Waals surface area contributed by atoms with Crippen LogP contribution >= 0.6 is 23.4 Å². The number of halogens is 1. The number of para-hydroxylation sites is 1. The fourth-order valence-corrected chi connectivity index (χ4v) is 4.31. The Balaban J connectivity index is 1.55. The quantitative estimate of drug-likeness (QED) is 0.432. The smallest absolute Gasteiger partial charge is 0.240 e. The van der Waals surface area contributed by atoms with E-state index in [1.165, 1.54) is 5.69 Å². The maximum absolute atomic E-state index is 6.15. The topological polar surface area (TPSA) is 41.0 Å². The molecule has 0 spiro atoms. The van der Waals surface area contributed by atoms with Gasteiger partial charge in [-0.05, 0) is 36.6 Å². The highest BCUT2D eigenvalue weighted by Crippen LogP contribution is 2.31. The monoisotopic (exact) mass is 426 g/mol. The molecule has 1 aliphatic rings. The number of hydrogen-bond donors (Lipinski definition) is 0. The molecular weight excluding hydrogens is 404 g/mol. The highest BCUT2D eigenvalue weighted by atomic mass is 35.5. The molecule has 29 heavy (non-hydrogen) atoms. The van der Waals surface area contributed by atoms with Crippen LogP contribution in [0, 0.1) is 0 Å². The molecule has 2 aromatic carbocycles. The number of pyridine rings is 1. The Morgan fingerprint density at radius 2 is 1.86 bits per heavy atom. The van der Waals surface area contributed by atoms with E-state index in [0.29, 0.717) is 5.88 Å². The lowest BCUT2D eigenvalue weighted by atomic mass is 10.2. The van der Waals surface area contributed by atoms with Crippen molar-refractivity contribution in [2.75, 3.05) is 44.4 Å². The van der Waals surface area contributed by atoms with Gasteiger partial charge in [0.15, 0.2) is 5.17 Å². The van der Waals surface area contributed by atoms with E-state index < -0.39 is 0 Å². The number of fused-ring (bicyclic) bond motifs is 1. The van der Waals surface area contributed by atoms with Gasteiger partial charge in [-0.25, -0.2) is 9.98 Å². The van der Waals surface area contributed by atoms with Gasteiger partial charge in [-0.15, -0.1) is 0 Å². The minimum atomic E-state index is 0.549. The van der Waals surface area contributed by atoms with E-state index in [0.717, 1.165) is 53.0 Å². The molecule has 7 heteroatoms. The molecule has 2 heterocycles. The third-order valence-corrected chi connectivity index (χ3v) is 5.94. The van der Waals surface area contributed by atoms with Crippen molar-refractivity contribution in [1.29, 1.82) is 0 Å². The Bertz CT molecular complexity index is 1030. The summed E-state index contributed by atoms with van der Waals surface area (Å²) in [4.78, 5) is 14.2. The number of nitrogens with zero attached hydrogens (tertiary/aromatic N) is 4. The molecule has 1 aromatic heterocycles. The number of benzene rings is 2. The maximum Gasteiger partial charge on any atom is 0.240 e. The molecule has 0 N–H and O–H groups in total. The lowest BCUT2D eigenvalue weighted by Gasteiger charge is -2.37. The Kier molecular flexibility index (Phi) is 6.11. The van der Waals surface area contributed by atoms with Crippen LogP contribution in [0.2, 0.25) is 5.02 Å². The van der Waals surface area contributed by atoms with Crippen molar-refractivity contribution in [3.63, 3.8) is 0 Å². The summed E-state index contributed by atoms with van der Waals surface area (Å²) >= 11 is 7.80. The average Bonchev–Trinajstić information content (AvgIpc) is 2.77. The molecule has 1 saturated heterocycles. The number of aliphatic imine (C=N–C) groups is 1. The Morgan fingerprint density at radius 1 is 1.07 bits per heavy atom. The molecule has 0 saturated carbocycles. The second-order valence-corrected chi connectivity index (χ2v) is 7.97. The van der Waals surface area contributed by atoms with E-state index in [9.17, 15) is 0 Å². The largest absolute Gasteiger partial charge is 0.479 e. The van der Waals surface area contributed by atoms with Gasteiger partial charge in [-0.3, -0.25) is 0 Å². The summed E-state index contributed by atoms with van der Waals surface area (Å²) in [5.41, 5.74) is 2.83. The second kappa shape index (κ2) is 8.93. The van der Waals surface area contributed by atoms with Gasteiger partial charge >= 0.3 is 0 Å². The van der Waals surface area contributed by atoms with Gasteiger partial charge in [0.25, 0.3) is 0 Å². The van der Waals surface area contributed by atoms with Gasteiger partial charge in [-0.2, -0.15) is 0 Å². The predicted molar refractivity (Wildman–Crippen MR) is 124 cm³/mol. The van der Waals surface area contributed by atoms with E-state index in [2.05, 4.69) is 27.1 Å². The highest BCUT2D eigenvalue weighted by Gasteiger charge is 2.20. The SMILES string of the molecule is COc1nc2ccccc2cc1N=C(SC)N1CCN(c2cccc(Cl)c2)CC1. The van der Waals surface area contributed by atoms with Gasteiger partial charge in [0.05, 0.1) is 12.6 Å². The molecule has 0 atom stereocenters. The Hall–Kier alpha value is -2.44. The molecule has 4 rings (SSSR count). The summed E-state index contributed by atoms with van der Waals surface area (Å²) in [7, 11) is 1.64. The van der Waals surface area contributed by atoms with Crippen molar-refractivity contribution in [2.24, 2.45) is 4.99 Å². The van der Waals surface area contributed by atoms with Crippen molar-refractivity contribution in [2.45, 2.75) is 0 Å². The molecule has 0 aliphatic carbocycles. The number of piperazine rings is 1. The molecule has 0 unspecified atom stereocenters. The van der Waals surface area contributed by atoms with Gasteiger partial charge in [0.1, 0.15) is 5.69 Å². The van der Waals surface area contributed by atoms with Crippen molar-refractivity contribution in [1.82, 2.24) is 9.88 Å². The second-order valence-electron chi connectivity index (χ2n) is 6.76. The number of amidine groups is 1. The zero-order valence-corrected chi connectivity index (χ0v) is 18.1. The first-order valence-corrected chi connectivity index (χ1v) is 11.1. The van der Waals surface area contributed by atoms with Crippen LogP contribution in [0.25, 0.3) is 10.9 Å². The first-order valence-electron chi connectivity index (χ1n) is 9.50. The third kappa shape index (κ3) is 4.43. The average molecular weight is 427 g/mol. The normalized spacial score (nSPS) is 15.1. The summed E-state index contributed by atoms with van der Waals surface area (Å²) < 4.78 is 5.51. The Morgan fingerprint density at radius 3 is 2.59 bits per heavy atom. The fraction of sp³-hybridized carbons (Fsp3) is 0.273. The molecule has 150 valence electrons. The van der Waals surface area contributed by atoms with Gasteiger partial charge in [0, 0.05) is 42.3 Å². The van der Waals surface area contributed by atoms with Crippen molar-refractivity contribution in [3.8, 4) is 5.88 Å².